The molecule has 0 aromatic heterocycles. The largest absolute Gasteiger partial charge is 0.379 e. The van der Waals surface area contributed by atoms with Crippen LogP contribution in [0.5, 0.6) is 5.75 Å². The quantitative estimate of drug-likeness (QED) is 0.239. The first kappa shape index (κ1) is 32.1. The third-order valence-corrected chi connectivity index (χ3v) is 13.3. The van der Waals surface area contributed by atoms with Crippen LogP contribution < -0.4 is 4.18 Å². The van der Waals surface area contributed by atoms with Crippen LogP contribution in [0.3, 0.4) is 0 Å². The van der Waals surface area contributed by atoms with Crippen molar-refractivity contribution in [3.05, 3.63) is 52.1 Å². The molecule has 4 aliphatic rings. The van der Waals surface area contributed by atoms with E-state index in [1.807, 2.05) is 0 Å². The second kappa shape index (κ2) is 13.8. The Bertz CT molecular complexity index is 1490. The zero-order valence-electron chi connectivity index (χ0n) is 26.2. The standard InChI is InChI=1S/C36H50O6S2/c37-43(38,39)35-23-22-34(30-20-12-1-2-13-21-31(30)35)42-44(40,41)36-32(27-16-8-4-9-17-27)24-29(26-14-6-3-7-15-26)25-33(36)28-18-10-5-11-19-28/h22-28H,1-21H2,(H,37,38,39). The summed E-state index contributed by atoms with van der Waals surface area (Å²) in [5.74, 6) is 1.10. The van der Waals surface area contributed by atoms with Gasteiger partial charge in [0.05, 0.1) is 4.90 Å². The van der Waals surface area contributed by atoms with E-state index in [1.165, 1.54) is 62.6 Å². The number of hydrogen-bond acceptors (Lipinski definition) is 5. The summed E-state index contributed by atoms with van der Waals surface area (Å²) in [6, 6.07) is 7.29. The van der Waals surface area contributed by atoms with Crippen molar-refractivity contribution < 1.29 is 25.6 Å². The molecule has 6 rings (SSSR count). The van der Waals surface area contributed by atoms with Crippen LogP contribution in [0.15, 0.2) is 34.1 Å². The van der Waals surface area contributed by atoms with Crippen molar-refractivity contribution >= 4 is 20.2 Å². The van der Waals surface area contributed by atoms with Gasteiger partial charge in [-0.05, 0) is 116 Å². The van der Waals surface area contributed by atoms with Crippen LogP contribution in [0.2, 0.25) is 0 Å². The van der Waals surface area contributed by atoms with Gasteiger partial charge in [0.15, 0.2) is 0 Å². The molecule has 8 heteroatoms. The SMILES string of the molecule is O=S(=O)(O)c1ccc(OS(=O)(=O)c2c(C3CCCCC3)cc(C3CCCCC3)cc2C2CCCCC2)c2c1CCCCCC2. The van der Waals surface area contributed by atoms with Crippen LogP contribution in [0.25, 0.3) is 0 Å². The van der Waals surface area contributed by atoms with Gasteiger partial charge in [0.1, 0.15) is 10.6 Å². The van der Waals surface area contributed by atoms with Gasteiger partial charge in [-0.1, -0.05) is 82.8 Å². The minimum Gasteiger partial charge on any atom is -0.379 e. The van der Waals surface area contributed by atoms with Crippen LogP contribution in [-0.2, 0) is 33.1 Å². The zero-order valence-corrected chi connectivity index (χ0v) is 27.8. The molecule has 2 aromatic rings. The Morgan fingerprint density at radius 2 is 1.02 bits per heavy atom. The topological polar surface area (TPSA) is 97.7 Å². The van der Waals surface area contributed by atoms with Gasteiger partial charge in [0.25, 0.3) is 10.1 Å². The molecule has 2 aromatic carbocycles. The van der Waals surface area contributed by atoms with Gasteiger partial charge >= 0.3 is 10.1 Å². The van der Waals surface area contributed by atoms with Crippen LogP contribution in [0, 0.1) is 0 Å². The van der Waals surface area contributed by atoms with Crippen molar-refractivity contribution in [2.45, 2.75) is 162 Å². The Balaban J connectivity index is 1.50. The summed E-state index contributed by atoms with van der Waals surface area (Å²) in [6.45, 7) is 0. The summed E-state index contributed by atoms with van der Waals surface area (Å²) in [7, 11) is -8.68. The normalized spacial score (nSPS) is 21.8. The van der Waals surface area contributed by atoms with Crippen molar-refractivity contribution in [2.75, 3.05) is 0 Å². The van der Waals surface area contributed by atoms with Gasteiger partial charge in [-0.15, -0.1) is 0 Å². The maximum absolute atomic E-state index is 14.7. The molecule has 0 bridgehead atoms. The minimum atomic E-state index is -4.45. The predicted molar refractivity (Wildman–Crippen MR) is 174 cm³/mol. The number of rotatable bonds is 7. The summed E-state index contributed by atoms with van der Waals surface area (Å²) < 4.78 is 70.3. The maximum Gasteiger partial charge on any atom is 0.339 e. The summed E-state index contributed by atoms with van der Waals surface area (Å²) >= 11 is 0. The molecule has 0 aliphatic heterocycles. The third-order valence-electron chi connectivity index (χ3n) is 11.0. The molecular formula is C36H50O6S2. The van der Waals surface area contributed by atoms with Crippen molar-refractivity contribution in [3.63, 3.8) is 0 Å². The molecule has 1 N–H and O–H groups in total. The average molecular weight is 643 g/mol. The lowest BCUT2D eigenvalue weighted by molar-refractivity contribution is 0.414. The first-order chi connectivity index (χ1) is 21.2. The molecule has 0 saturated heterocycles. The molecule has 3 saturated carbocycles. The highest BCUT2D eigenvalue weighted by Gasteiger charge is 2.35. The van der Waals surface area contributed by atoms with E-state index in [4.69, 9.17) is 4.18 Å². The van der Waals surface area contributed by atoms with E-state index >= 15 is 0 Å². The highest BCUT2D eigenvalue weighted by molar-refractivity contribution is 7.87. The van der Waals surface area contributed by atoms with Crippen molar-refractivity contribution in [1.82, 2.24) is 0 Å². The predicted octanol–water partition coefficient (Wildman–Crippen LogP) is 9.50. The summed E-state index contributed by atoms with van der Waals surface area (Å²) in [5.41, 5.74) is 4.37. The summed E-state index contributed by atoms with van der Waals surface area (Å²) in [4.78, 5) is 0.274. The van der Waals surface area contributed by atoms with Gasteiger partial charge in [0.2, 0.25) is 0 Å². The van der Waals surface area contributed by atoms with Crippen molar-refractivity contribution in [3.8, 4) is 5.75 Å². The van der Waals surface area contributed by atoms with E-state index in [9.17, 15) is 21.4 Å². The highest BCUT2D eigenvalue weighted by atomic mass is 32.2. The van der Waals surface area contributed by atoms with E-state index in [0.717, 1.165) is 88.2 Å². The van der Waals surface area contributed by atoms with Crippen LogP contribution in [0.1, 0.15) is 168 Å². The molecule has 242 valence electrons. The molecular weight excluding hydrogens is 593 g/mol. The van der Waals surface area contributed by atoms with Crippen molar-refractivity contribution in [1.29, 1.82) is 0 Å². The third kappa shape index (κ3) is 7.07. The fourth-order valence-corrected chi connectivity index (χ4v) is 11.0. The maximum atomic E-state index is 14.7. The van der Waals surface area contributed by atoms with Crippen LogP contribution >= 0.6 is 0 Å². The van der Waals surface area contributed by atoms with Gasteiger partial charge in [-0.2, -0.15) is 16.8 Å². The van der Waals surface area contributed by atoms with Gasteiger partial charge in [0, 0.05) is 5.56 Å². The second-order valence-electron chi connectivity index (χ2n) is 14.0. The first-order valence-corrected chi connectivity index (χ1v) is 20.3. The Labute approximate surface area is 265 Å². The van der Waals surface area contributed by atoms with E-state index in [2.05, 4.69) is 12.1 Å². The molecule has 0 heterocycles. The molecule has 0 amide bonds. The number of fused-ring (bicyclic) bond motifs is 1. The lowest BCUT2D eigenvalue weighted by Crippen LogP contribution is -2.22. The smallest absolute Gasteiger partial charge is 0.339 e. The highest BCUT2D eigenvalue weighted by Crippen LogP contribution is 2.46. The lowest BCUT2D eigenvalue weighted by atomic mass is 9.76. The van der Waals surface area contributed by atoms with E-state index < -0.39 is 20.2 Å². The van der Waals surface area contributed by atoms with Gasteiger partial charge in [-0.25, -0.2) is 0 Å². The Kier molecular flexibility index (Phi) is 10.1. The van der Waals surface area contributed by atoms with Crippen LogP contribution in [0.4, 0.5) is 0 Å². The first-order valence-electron chi connectivity index (χ1n) is 17.5. The molecule has 6 nitrogen and oxygen atoms in total. The van der Waals surface area contributed by atoms with E-state index in [-0.39, 0.29) is 22.5 Å². The Morgan fingerprint density at radius 1 is 0.568 bits per heavy atom. The Hall–Kier alpha value is -1.90. The van der Waals surface area contributed by atoms with Crippen molar-refractivity contribution in [2.24, 2.45) is 0 Å². The molecule has 0 spiro atoms. The number of benzene rings is 2. The molecule has 4 aliphatic carbocycles. The average Bonchev–Trinajstić information content (AvgIpc) is 3.01. The fourth-order valence-electron chi connectivity index (χ4n) is 8.73. The van der Waals surface area contributed by atoms with E-state index in [0.29, 0.717) is 34.8 Å². The van der Waals surface area contributed by atoms with E-state index in [1.54, 1.807) is 0 Å². The zero-order chi connectivity index (χ0) is 30.7. The summed E-state index contributed by atoms with van der Waals surface area (Å²) in [5, 5.41) is 0. The number of hydrogen-bond donors (Lipinski definition) is 1. The second-order valence-corrected chi connectivity index (χ2v) is 16.9. The summed E-state index contributed by atoms with van der Waals surface area (Å²) in [6.07, 6.45) is 21.5. The minimum absolute atomic E-state index is 0.123. The molecule has 3 fully saturated rings. The Morgan fingerprint density at radius 3 is 1.52 bits per heavy atom. The van der Waals surface area contributed by atoms with Crippen LogP contribution in [-0.4, -0.2) is 21.4 Å². The van der Waals surface area contributed by atoms with Gasteiger partial charge < -0.3 is 4.18 Å². The molecule has 0 atom stereocenters. The molecule has 44 heavy (non-hydrogen) atoms. The fraction of sp³-hybridized carbons (Fsp3) is 0.667. The molecule has 0 radical (unpaired) electrons. The molecule has 0 unspecified atom stereocenters. The van der Waals surface area contributed by atoms with Gasteiger partial charge in [-0.3, -0.25) is 4.55 Å². The monoisotopic (exact) mass is 642 g/mol. The lowest BCUT2D eigenvalue weighted by Gasteiger charge is -2.32.